The van der Waals surface area contributed by atoms with Crippen LogP contribution in [-0.2, 0) is 17.8 Å². The van der Waals surface area contributed by atoms with E-state index in [2.05, 4.69) is 31.3 Å². The van der Waals surface area contributed by atoms with Crippen molar-refractivity contribution in [3.8, 4) is 0 Å². The van der Waals surface area contributed by atoms with Gasteiger partial charge in [-0.25, -0.2) is 4.98 Å². The van der Waals surface area contributed by atoms with Gasteiger partial charge >= 0.3 is 0 Å². The first-order chi connectivity index (χ1) is 17.4. The predicted octanol–water partition coefficient (Wildman–Crippen LogP) is 5.51. The largest absolute Gasteiger partial charge is 0.337 e. The van der Waals surface area contributed by atoms with E-state index in [1.165, 1.54) is 4.68 Å². The number of benzene rings is 3. The van der Waals surface area contributed by atoms with Crippen molar-refractivity contribution in [2.75, 3.05) is 5.32 Å². The van der Waals surface area contributed by atoms with Crippen LogP contribution < -0.4 is 10.9 Å². The average molecular weight is 542 g/mol. The zero-order chi connectivity index (χ0) is 25.2. The fourth-order valence-corrected chi connectivity index (χ4v) is 4.52. The summed E-state index contributed by atoms with van der Waals surface area (Å²) in [6, 6.07) is 21.0. The number of anilines is 1. The highest BCUT2D eigenvalue weighted by Gasteiger charge is 2.12. The lowest BCUT2D eigenvalue weighted by molar-refractivity contribution is -0.116. The van der Waals surface area contributed by atoms with Crippen molar-refractivity contribution in [2.24, 2.45) is 5.10 Å². The van der Waals surface area contributed by atoms with Crippen molar-refractivity contribution in [1.82, 2.24) is 14.2 Å². The summed E-state index contributed by atoms with van der Waals surface area (Å²) in [5.41, 5.74) is 4.01. The maximum atomic E-state index is 13.2. The number of hydrogen-bond donors (Lipinski definition) is 1. The van der Waals surface area contributed by atoms with Gasteiger partial charge in [0, 0.05) is 39.2 Å². The molecule has 2 aromatic heterocycles. The van der Waals surface area contributed by atoms with E-state index in [1.54, 1.807) is 12.3 Å². The number of fused-ring (bicyclic) bond motifs is 2. The summed E-state index contributed by atoms with van der Waals surface area (Å²) in [5.74, 6) is 0.448. The second-order valence-electron chi connectivity index (χ2n) is 8.55. The molecule has 5 rings (SSSR count). The van der Waals surface area contributed by atoms with Crippen molar-refractivity contribution < 1.29 is 4.79 Å². The Morgan fingerprint density at radius 2 is 1.86 bits per heavy atom. The van der Waals surface area contributed by atoms with Crippen LogP contribution in [0.15, 0.2) is 87.3 Å². The molecule has 2 heterocycles. The number of para-hydroxylation sites is 1. The van der Waals surface area contributed by atoms with Crippen molar-refractivity contribution in [2.45, 2.75) is 26.8 Å². The first-order valence-electron chi connectivity index (χ1n) is 11.6. The number of carbonyl (C=O) groups is 1. The summed E-state index contributed by atoms with van der Waals surface area (Å²) in [7, 11) is 0. The zero-order valence-electron chi connectivity index (χ0n) is 19.9. The number of carbonyl (C=O) groups excluding carboxylic acids is 1. The van der Waals surface area contributed by atoms with Crippen molar-refractivity contribution in [3.05, 3.63) is 105 Å². The van der Waals surface area contributed by atoms with Gasteiger partial charge in [-0.15, -0.1) is 0 Å². The Balaban J connectivity index is 1.49. The third-order valence-electron chi connectivity index (χ3n) is 5.97. The molecule has 0 radical (unpaired) electrons. The van der Waals surface area contributed by atoms with Crippen LogP contribution in [0.5, 0.6) is 0 Å². The van der Waals surface area contributed by atoms with Crippen LogP contribution >= 0.6 is 15.9 Å². The minimum atomic E-state index is -0.226. The lowest BCUT2D eigenvalue weighted by atomic mass is 10.2. The van der Waals surface area contributed by atoms with Crippen LogP contribution in [0.1, 0.15) is 23.9 Å². The molecule has 0 fully saturated rings. The second-order valence-corrected chi connectivity index (χ2v) is 9.46. The fraction of sp³-hybridized carbons (Fsp3) is 0.143. The molecule has 0 bridgehead atoms. The fourth-order valence-electron chi connectivity index (χ4n) is 4.16. The standard InChI is InChI=1S/C28H24BrN5O2/c1-3-26-32-24-13-10-20(29)14-23(24)28(36)34(26)30-15-19-16-33(25-7-5-4-6-22(19)25)17-27(35)31-21-11-8-18(2)9-12-21/h4-16H,3,17H2,1-2H3,(H,31,35). The third kappa shape index (κ3) is 4.72. The maximum Gasteiger partial charge on any atom is 0.282 e. The number of halogens is 1. The van der Waals surface area contributed by atoms with Gasteiger partial charge in [0.25, 0.3) is 5.56 Å². The Hall–Kier alpha value is -4.04. The van der Waals surface area contributed by atoms with Gasteiger partial charge in [-0.3, -0.25) is 9.59 Å². The summed E-state index contributed by atoms with van der Waals surface area (Å²) in [6.45, 7) is 4.09. The summed E-state index contributed by atoms with van der Waals surface area (Å²) in [6.07, 6.45) is 4.09. The van der Waals surface area contributed by atoms with E-state index in [0.29, 0.717) is 23.1 Å². The van der Waals surface area contributed by atoms with Crippen LogP contribution in [0, 0.1) is 6.92 Å². The molecule has 0 atom stereocenters. The van der Waals surface area contributed by atoms with Gasteiger partial charge < -0.3 is 9.88 Å². The quantitative estimate of drug-likeness (QED) is 0.288. The molecule has 3 aromatic carbocycles. The molecule has 0 aliphatic heterocycles. The summed E-state index contributed by atoms with van der Waals surface area (Å²) in [5, 5.41) is 8.91. The highest BCUT2D eigenvalue weighted by molar-refractivity contribution is 9.10. The Labute approximate surface area is 216 Å². The highest BCUT2D eigenvalue weighted by atomic mass is 79.9. The average Bonchev–Trinajstić information content (AvgIpc) is 3.22. The van der Waals surface area contributed by atoms with Gasteiger partial charge in [-0.1, -0.05) is 58.7 Å². The minimum Gasteiger partial charge on any atom is -0.337 e. The van der Waals surface area contributed by atoms with E-state index in [0.717, 1.165) is 32.2 Å². The van der Waals surface area contributed by atoms with Gasteiger partial charge in [0.1, 0.15) is 12.4 Å². The summed E-state index contributed by atoms with van der Waals surface area (Å²) < 4.78 is 4.05. The number of aryl methyl sites for hydroxylation is 2. The molecule has 0 saturated heterocycles. The van der Waals surface area contributed by atoms with Crippen LogP contribution in [-0.4, -0.2) is 26.3 Å². The van der Waals surface area contributed by atoms with Gasteiger partial charge in [-0.2, -0.15) is 9.78 Å². The Bertz CT molecular complexity index is 1680. The van der Waals surface area contributed by atoms with E-state index in [9.17, 15) is 9.59 Å². The smallest absolute Gasteiger partial charge is 0.282 e. The van der Waals surface area contributed by atoms with Gasteiger partial charge in [0.2, 0.25) is 5.91 Å². The minimum absolute atomic E-state index is 0.128. The molecule has 36 heavy (non-hydrogen) atoms. The molecule has 0 spiro atoms. The third-order valence-corrected chi connectivity index (χ3v) is 6.47. The number of nitrogens with zero attached hydrogens (tertiary/aromatic N) is 4. The maximum absolute atomic E-state index is 13.2. The first kappa shape index (κ1) is 23.7. The molecule has 1 N–H and O–H groups in total. The Morgan fingerprint density at radius 1 is 1.08 bits per heavy atom. The lowest BCUT2D eigenvalue weighted by Gasteiger charge is -2.07. The molecule has 0 aliphatic carbocycles. The predicted molar refractivity (Wildman–Crippen MR) is 148 cm³/mol. The molecular formula is C28H24BrN5O2. The molecule has 180 valence electrons. The number of aromatic nitrogens is 3. The SMILES string of the molecule is CCc1nc2ccc(Br)cc2c(=O)n1N=Cc1cn(CC(=O)Nc2ccc(C)cc2)c2ccccc12. The molecule has 0 saturated carbocycles. The topological polar surface area (TPSA) is 81.3 Å². The second kappa shape index (κ2) is 9.91. The van der Waals surface area contributed by atoms with E-state index >= 15 is 0 Å². The summed E-state index contributed by atoms with van der Waals surface area (Å²) in [4.78, 5) is 30.6. The molecule has 8 heteroatoms. The first-order valence-corrected chi connectivity index (χ1v) is 12.4. The monoisotopic (exact) mass is 541 g/mol. The van der Waals surface area contributed by atoms with Crippen molar-refractivity contribution in [1.29, 1.82) is 0 Å². The zero-order valence-corrected chi connectivity index (χ0v) is 21.5. The van der Waals surface area contributed by atoms with Crippen LogP contribution in [0.3, 0.4) is 0 Å². The molecule has 7 nitrogen and oxygen atoms in total. The number of amides is 1. The number of nitrogens with one attached hydrogen (secondary N) is 1. The van der Waals surface area contributed by atoms with E-state index in [-0.39, 0.29) is 18.0 Å². The Morgan fingerprint density at radius 3 is 2.64 bits per heavy atom. The van der Waals surface area contributed by atoms with Crippen LogP contribution in [0.25, 0.3) is 21.8 Å². The normalized spacial score (nSPS) is 11.5. The van der Waals surface area contributed by atoms with Gasteiger partial charge in [0.05, 0.1) is 17.1 Å². The molecule has 0 aliphatic rings. The highest BCUT2D eigenvalue weighted by Crippen LogP contribution is 2.21. The van der Waals surface area contributed by atoms with Gasteiger partial charge in [-0.05, 0) is 43.3 Å². The lowest BCUT2D eigenvalue weighted by Crippen LogP contribution is -2.22. The van der Waals surface area contributed by atoms with Crippen molar-refractivity contribution in [3.63, 3.8) is 0 Å². The number of rotatable bonds is 6. The van der Waals surface area contributed by atoms with E-state index in [1.807, 2.05) is 85.3 Å². The van der Waals surface area contributed by atoms with E-state index in [4.69, 9.17) is 0 Å². The molecule has 1 amide bonds. The van der Waals surface area contributed by atoms with Crippen molar-refractivity contribution >= 4 is 55.5 Å². The summed E-state index contributed by atoms with van der Waals surface area (Å²) >= 11 is 3.43. The molecular weight excluding hydrogens is 518 g/mol. The number of hydrogen-bond acceptors (Lipinski definition) is 4. The Kier molecular flexibility index (Phi) is 6.52. The van der Waals surface area contributed by atoms with Crippen LogP contribution in [0.2, 0.25) is 0 Å². The van der Waals surface area contributed by atoms with Gasteiger partial charge in [0.15, 0.2) is 0 Å². The van der Waals surface area contributed by atoms with Crippen LogP contribution in [0.4, 0.5) is 5.69 Å². The molecule has 5 aromatic rings. The molecule has 0 unspecified atom stereocenters. The van der Waals surface area contributed by atoms with E-state index < -0.39 is 0 Å².